The van der Waals surface area contributed by atoms with Crippen LogP contribution in [0.1, 0.15) is 0 Å². The number of nitrogens with one attached hydrogen (secondary N) is 1. The van der Waals surface area contributed by atoms with Crippen molar-refractivity contribution in [1.82, 2.24) is 5.32 Å². The molecule has 0 unspecified atom stereocenters. The number of benzene rings is 1. The topological polar surface area (TPSA) is 64.3 Å². The number of halogens is 1. The van der Waals surface area contributed by atoms with E-state index in [4.69, 9.17) is 10.5 Å². The first-order valence-corrected chi connectivity index (χ1v) is 4.58. The molecule has 0 radical (unpaired) electrons. The molecule has 5 heteroatoms. The summed E-state index contributed by atoms with van der Waals surface area (Å²) in [5.74, 6) is -0.728. The summed E-state index contributed by atoms with van der Waals surface area (Å²) < 4.78 is 18.0. The largest absolute Gasteiger partial charge is 0.481 e. The second-order valence-electron chi connectivity index (χ2n) is 2.86. The van der Waals surface area contributed by atoms with Crippen molar-refractivity contribution in [3.8, 4) is 5.75 Å². The Hall–Kier alpha value is -1.62. The fourth-order valence-electron chi connectivity index (χ4n) is 0.968. The minimum absolute atomic E-state index is 0.0698. The number of nitrogens with two attached hydrogens (primary N) is 1. The lowest BCUT2D eigenvalue weighted by atomic mass is 10.3. The molecule has 0 atom stereocenters. The van der Waals surface area contributed by atoms with E-state index < -0.39 is 5.82 Å². The van der Waals surface area contributed by atoms with Crippen LogP contribution < -0.4 is 15.8 Å². The monoisotopic (exact) mass is 212 g/mol. The lowest BCUT2D eigenvalue weighted by molar-refractivity contribution is -0.123. The van der Waals surface area contributed by atoms with Gasteiger partial charge in [-0.1, -0.05) is 12.1 Å². The summed E-state index contributed by atoms with van der Waals surface area (Å²) in [5.41, 5.74) is 5.19. The van der Waals surface area contributed by atoms with Gasteiger partial charge in [0.25, 0.3) is 5.91 Å². The highest BCUT2D eigenvalue weighted by Crippen LogP contribution is 2.14. The van der Waals surface area contributed by atoms with Crippen molar-refractivity contribution in [3.63, 3.8) is 0 Å². The fourth-order valence-corrected chi connectivity index (χ4v) is 0.968. The van der Waals surface area contributed by atoms with Crippen LogP contribution in [0.5, 0.6) is 5.75 Å². The average molecular weight is 212 g/mol. The summed E-state index contributed by atoms with van der Waals surface area (Å²) >= 11 is 0. The molecule has 0 aliphatic carbocycles. The predicted molar refractivity (Wildman–Crippen MR) is 54.0 cm³/mol. The van der Waals surface area contributed by atoms with Gasteiger partial charge in [-0.2, -0.15) is 0 Å². The third kappa shape index (κ3) is 3.95. The molecule has 0 saturated heterocycles. The van der Waals surface area contributed by atoms with E-state index in [1.165, 1.54) is 12.1 Å². The van der Waals surface area contributed by atoms with Crippen LogP contribution in [0.2, 0.25) is 0 Å². The minimum atomic E-state index is -0.482. The van der Waals surface area contributed by atoms with Gasteiger partial charge < -0.3 is 15.8 Å². The van der Waals surface area contributed by atoms with Gasteiger partial charge >= 0.3 is 0 Å². The van der Waals surface area contributed by atoms with Crippen molar-refractivity contribution in [2.45, 2.75) is 0 Å². The zero-order valence-corrected chi connectivity index (χ0v) is 8.20. The first kappa shape index (κ1) is 11.5. The van der Waals surface area contributed by atoms with E-state index in [1.54, 1.807) is 12.1 Å². The molecule has 1 rings (SSSR count). The van der Waals surface area contributed by atoms with Crippen molar-refractivity contribution < 1.29 is 13.9 Å². The smallest absolute Gasteiger partial charge is 0.257 e. The van der Waals surface area contributed by atoms with E-state index in [1.807, 2.05) is 0 Å². The van der Waals surface area contributed by atoms with Crippen molar-refractivity contribution in [2.75, 3.05) is 19.7 Å². The number of carbonyl (C=O) groups is 1. The van der Waals surface area contributed by atoms with Crippen LogP contribution in [-0.2, 0) is 4.79 Å². The molecule has 0 spiro atoms. The van der Waals surface area contributed by atoms with Gasteiger partial charge in [0.05, 0.1) is 0 Å². The Morgan fingerprint density at radius 1 is 1.47 bits per heavy atom. The Bertz CT molecular complexity index is 331. The number of amides is 1. The Kier molecular flexibility index (Phi) is 4.56. The lowest BCUT2D eigenvalue weighted by Crippen LogP contribution is -2.33. The zero-order chi connectivity index (χ0) is 11.1. The van der Waals surface area contributed by atoms with Gasteiger partial charge in [0.1, 0.15) is 0 Å². The number of hydrogen-bond donors (Lipinski definition) is 2. The van der Waals surface area contributed by atoms with Gasteiger partial charge in [0, 0.05) is 13.1 Å². The molecule has 0 aliphatic heterocycles. The number of hydrogen-bond acceptors (Lipinski definition) is 3. The SMILES string of the molecule is NCCNC(=O)COc1ccccc1F. The molecule has 1 aromatic carbocycles. The van der Waals surface area contributed by atoms with Crippen LogP contribution in [-0.4, -0.2) is 25.6 Å². The van der Waals surface area contributed by atoms with E-state index in [0.29, 0.717) is 13.1 Å². The number of carbonyl (C=O) groups excluding carboxylic acids is 1. The maximum Gasteiger partial charge on any atom is 0.257 e. The first-order valence-electron chi connectivity index (χ1n) is 4.58. The van der Waals surface area contributed by atoms with Gasteiger partial charge in [0.15, 0.2) is 18.2 Å². The highest BCUT2D eigenvalue weighted by Gasteiger charge is 2.04. The van der Waals surface area contributed by atoms with Crippen LogP contribution in [0.3, 0.4) is 0 Å². The predicted octanol–water partition coefficient (Wildman–Crippen LogP) is 0.279. The molecule has 1 amide bonds. The van der Waals surface area contributed by atoms with E-state index in [2.05, 4.69) is 5.32 Å². The maximum atomic E-state index is 13.0. The number of para-hydroxylation sites is 1. The highest BCUT2D eigenvalue weighted by atomic mass is 19.1. The van der Waals surface area contributed by atoms with Crippen LogP contribution in [0.4, 0.5) is 4.39 Å². The summed E-state index contributed by atoms with van der Waals surface area (Å²) in [6.45, 7) is 0.547. The van der Waals surface area contributed by atoms with E-state index >= 15 is 0 Å². The standard InChI is InChI=1S/C10H13FN2O2/c11-8-3-1-2-4-9(8)15-7-10(14)13-6-5-12/h1-4H,5-7,12H2,(H,13,14). The maximum absolute atomic E-state index is 13.0. The van der Waals surface area contributed by atoms with Crippen molar-refractivity contribution in [3.05, 3.63) is 30.1 Å². The molecule has 0 aliphatic rings. The molecule has 15 heavy (non-hydrogen) atoms. The van der Waals surface area contributed by atoms with Crippen LogP contribution in [0, 0.1) is 5.82 Å². The second-order valence-corrected chi connectivity index (χ2v) is 2.86. The first-order chi connectivity index (χ1) is 7.24. The molecule has 0 aromatic heterocycles. The fraction of sp³-hybridized carbons (Fsp3) is 0.300. The highest BCUT2D eigenvalue weighted by molar-refractivity contribution is 5.77. The Balaban J connectivity index is 2.37. The van der Waals surface area contributed by atoms with Gasteiger partial charge in [-0.25, -0.2) is 4.39 Å². The molecular formula is C10H13FN2O2. The molecule has 1 aromatic rings. The molecule has 0 bridgehead atoms. The van der Waals surface area contributed by atoms with E-state index in [-0.39, 0.29) is 18.3 Å². The molecular weight excluding hydrogens is 199 g/mol. The summed E-state index contributed by atoms with van der Waals surface area (Å²) in [6, 6.07) is 5.92. The molecule has 0 heterocycles. The quantitative estimate of drug-likeness (QED) is 0.736. The van der Waals surface area contributed by atoms with Crippen molar-refractivity contribution in [2.24, 2.45) is 5.73 Å². The Labute approximate surface area is 87.2 Å². The molecule has 4 nitrogen and oxygen atoms in total. The van der Waals surface area contributed by atoms with Crippen LogP contribution >= 0.6 is 0 Å². The van der Waals surface area contributed by atoms with Gasteiger partial charge in [-0.05, 0) is 12.1 Å². The normalized spacial score (nSPS) is 9.73. The van der Waals surface area contributed by atoms with Gasteiger partial charge in [-0.3, -0.25) is 4.79 Å². The third-order valence-corrected chi connectivity index (χ3v) is 1.66. The zero-order valence-electron chi connectivity index (χ0n) is 8.20. The average Bonchev–Trinajstić information content (AvgIpc) is 2.25. The number of rotatable bonds is 5. The van der Waals surface area contributed by atoms with Crippen molar-refractivity contribution >= 4 is 5.91 Å². The molecule has 3 N–H and O–H groups in total. The summed E-state index contributed by atoms with van der Waals surface area (Å²) in [7, 11) is 0. The van der Waals surface area contributed by atoms with Gasteiger partial charge in [0.2, 0.25) is 0 Å². The Morgan fingerprint density at radius 3 is 2.87 bits per heavy atom. The second kappa shape index (κ2) is 5.98. The molecule has 0 saturated carbocycles. The van der Waals surface area contributed by atoms with Gasteiger partial charge in [-0.15, -0.1) is 0 Å². The lowest BCUT2D eigenvalue weighted by Gasteiger charge is -2.06. The van der Waals surface area contributed by atoms with E-state index in [9.17, 15) is 9.18 Å². The van der Waals surface area contributed by atoms with E-state index in [0.717, 1.165) is 0 Å². The summed E-state index contributed by atoms with van der Waals surface area (Å²) in [5, 5.41) is 2.51. The van der Waals surface area contributed by atoms with Crippen LogP contribution in [0.25, 0.3) is 0 Å². The molecule has 0 fully saturated rings. The summed E-state index contributed by atoms with van der Waals surface area (Å²) in [4.78, 5) is 11.1. The number of ether oxygens (including phenoxy) is 1. The Morgan fingerprint density at radius 2 is 2.20 bits per heavy atom. The summed E-state index contributed by atoms with van der Waals surface area (Å²) in [6.07, 6.45) is 0. The minimum Gasteiger partial charge on any atom is -0.481 e. The molecule has 82 valence electrons. The third-order valence-electron chi connectivity index (χ3n) is 1.66. The van der Waals surface area contributed by atoms with Crippen molar-refractivity contribution in [1.29, 1.82) is 0 Å². The van der Waals surface area contributed by atoms with Crippen LogP contribution in [0.15, 0.2) is 24.3 Å².